The maximum Gasteiger partial charge on any atom is 0.353 e. The van der Waals surface area contributed by atoms with Crippen molar-refractivity contribution in [2.24, 2.45) is 0 Å². The Labute approximate surface area is 191 Å². The molecule has 0 fully saturated rings. The minimum Gasteiger partial charge on any atom is -0.477 e. The van der Waals surface area contributed by atoms with E-state index in [-0.39, 0.29) is 28.9 Å². The molecule has 34 heavy (non-hydrogen) atoms. The quantitative estimate of drug-likeness (QED) is 0.305. The van der Waals surface area contributed by atoms with Gasteiger partial charge in [-0.05, 0) is 48.0 Å². The number of aliphatic hydroxyl groups is 2. The van der Waals surface area contributed by atoms with Gasteiger partial charge in [0.05, 0.1) is 35.9 Å². The highest BCUT2D eigenvalue weighted by molar-refractivity contribution is 6.17. The Bertz CT molecular complexity index is 1610. The van der Waals surface area contributed by atoms with Gasteiger partial charge in [-0.15, -0.1) is 0 Å². The van der Waals surface area contributed by atoms with Crippen molar-refractivity contribution in [1.29, 1.82) is 0 Å². The normalized spacial score (nSPS) is 12.4. The number of rotatable bonds is 6. The number of aromatic nitrogens is 2. The lowest BCUT2D eigenvalue weighted by Crippen LogP contribution is -2.14. The van der Waals surface area contributed by atoms with E-state index in [1.165, 1.54) is 35.2 Å². The Morgan fingerprint density at radius 1 is 1.18 bits per heavy atom. The van der Waals surface area contributed by atoms with Crippen molar-refractivity contribution in [3.63, 3.8) is 0 Å². The molecule has 1 atom stereocenters. The zero-order chi connectivity index (χ0) is 24.0. The van der Waals surface area contributed by atoms with Gasteiger partial charge in [0.2, 0.25) is 0 Å². The topological polar surface area (TPSA) is 129 Å². The van der Waals surface area contributed by atoms with Crippen LogP contribution in [-0.4, -0.2) is 37.4 Å². The number of aromatic carboxylic acids is 1. The largest absolute Gasteiger partial charge is 0.477 e. The zero-order valence-electron chi connectivity index (χ0n) is 17.7. The van der Waals surface area contributed by atoms with Crippen LogP contribution in [0.25, 0.3) is 33.0 Å². The summed E-state index contributed by atoms with van der Waals surface area (Å²) in [7, 11) is 0. The number of carbonyl (C=O) groups is 1. The molecule has 0 spiro atoms. The summed E-state index contributed by atoms with van der Waals surface area (Å²) in [4.78, 5) is 27.8. The van der Waals surface area contributed by atoms with Crippen LogP contribution in [0, 0.1) is 5.82 Å². The van der Waals surface area contributed by atoms with Crippen LogP contribution < -0.4 is 5.56 Å². The Hall–Kier alpha value is -4.21. The van der Waals surface area contributed by atoms with Gasteiger partial charge >= 0.3 is 5.97 Å². The second-order valence-electron chi connectivity index (χ2n) is 7.88. The number of carboxylic acid groups (broad SMARTS) is 1. The standard InChI is InChI=1S/C25H19FN2O6/c26-17-5-3-14(19(30)12-29)10-15(17)11-28-18-6-4-13-7-9-34-23(13)21(18)20(22(28)25(32)33)16-2-1-8-27-24(16)31/h1-10,19,29-30H,11-12H2,(H,27,31)(H,32,33). The molecule has 172 valence electrons. The number of furan rings is 1. The second kappa shape index (κ2) is 8.29. The van der Waals surface area contributed by atoms with Gasteiger partial charge in [-0.2, -0.15) is 0 Å². The third kappa shape index (κ3) is 3.38. The summed E-state index contributed by atoms with van der Waals surface area (Å²) in [5, 5.41) is 30.6. The van der Waals surface area contributed by atoms with Crippen molar-refractivity contribution in [3.8, 4) is 11.1 Å². The lowest BCUT2D eigenvalue weighted by Gasteiger charge is -2.13. The van der Waals surface area contributed by atoms with Crippen LogP contribution in [0.2, 0.25) is 0 Å². The van der Waals surface area contributed by atoms with Gasteiger partial charge < -0.3 is 29.3 Å². The number of H-pyrrole nitrogens is 1. The molecule has 0 saturated carbocycles. The molecule has 0 aliphatic heterocycles. The molecule has 0 amide bonds. The number of benzene rings is 2. The lowest BCUT2D eigenvalue weighted by molar-refractivity contribution is 0.0687. The van der Waals surface area contributed by atoms with E-state index in [9.17, 15) is 29.3 Å². The van der Waals surface area contributed by atoms with Gasteiger partial charge in [0.25, 0.3) is 5.56 Å². The number of hydrogen-bond acceptors (Lipinski definition) is 5. The molecule has 3 aromatic heterocycles. The molecule has 1 unspecified atom stereocenters. The first-order chi connectivity index (χ1) is 16.4. The number of hydrogen-bond donors (Lipinski definition) is 4. The molecule has 5 rings (SSSR count). The molecule has 5 aromatic rings. The van der Waals surface area contributed by atoms with Crippen molar-refractivity contribution >= 4 is 27.8 Å². The van der Waals surface area contributed by atoms with Crippen LogP contribution in [0.4, 0.5) is 4.39 Å². The number of nitrogens with zero attached hydrogens (tertiary/aromatic N) is 1. The van der Waals surface area contributed by atoms with Crippen LogP contribution in [0.3, 0.4) is 0 Å². The van der Waals surface area contributed by atoms with Gasteiger partial charge in [-0.3, -0.25) is 4.79 Å². The third-order valence-corrected chi connectivity index (χ3v) is 5.89. The van der Waals surface area contributed by atoms with Gasteiger partial charge in [-0.25, -0.2) is 9.18 Å². The maximum absolute atomic E-state index is 14.8. The summed E-state index contributed by atoms with van der Waals surface area (Å²) in [5.74, 6) is -1.91. The van der Waals surface area contributed by atoms with Gasteiger partial charge in [0, 0.05) is 22.7 Å². The molecule has 9 heteroatoms. The highest BCUT2D eigenvalue weighted by Gasteiger charge is 2.28. The second-order valence-corrected chi connectivity index (χ2v) is 7.88. The third-order valence-electron chi connectivity index (χ3n) is 5.89. The van der Waals surface area contributed by atoms with E-state index in [1.807, 2.05) is 0 Å². The molecule has 8 nitrogen and oxygen atoms in total. The molecule has 0 aliphatic carbocycles. The van der Waals surface area contributed by atoms with E-state index in [4.69, 9.17) is 4.42 Å². The van der Waals surface area contributed by atoms with E-state index in [2.05, 4.69) is 4.98 Å². The summed E-state index contributed by atoms with van der Waals surface area (Å²) in [6.45, 7) is -0.748. The molecule has 0 bridgehead atoms. The summed E-state index contributed by atoms with van der Waals surface area (Å²) in [6, 6.07) is 12.2. The van der Waals surface area contributed by atoms with Gasteiger partial charge in [0.15, 0.2) is 0 Å². The minimum atomic E-state index is -1.30. The van der Waals surface area contributed by atoms with Crippen LogP contribution in [0.15, 0.2) is 70.2 Å². The molecule has 0 radical (unpaired) electrons. The molecule has 2 aromatic carbocycles. The van der Waals surface area contributed by atoms with E-state index < -0.39 is 30.1 Å². The minimum absolute atomic E-state index is 0.109. The average Bonchev–Trinajstić information content (AvgIpc) is 3.43. The first-order valence-corrected chi connectivity index (χ1v) is 10.4. The van der Waals surface area contributed by atoms with E-state index >= 15 is 0 Å². The lowest BCUT2D eigenvalue weighted by atomic mass is 10.0. The molecular formula is C25H19FN2O6. The molecular weight excluding hydrogens is 443 g/mol. The Morgan fingerprint density at radius 3 is 2.74 bits per heavy atom. The van der Waals surface area contributed by atoms with E-state index in [1.54, 1.807) is 24.3 Å². The predicted molar refractivity (Wildman–Crippen MR) is 122 cm³/mol. The van der Waals surface area contributed by atoms with Crippen molar-refractivity contribution < 1.29 is 28.9 Å². The predicted octanol–water partition coefficient (Wildman–Crippen LogP) is 3.65. The van der Waals surface area contributed by atoms with Crippen LogP contribution >= 0.6 is 0 Å². The average molecular weight is 462 g/mol. The number of carboxylic acids is 1. The fourth-order valence-corrected chi connectivity index (χ4v) is 4.33. The van der Waals surface area contributed by atoms with Crippen LogP contribution in [0.1, 0.15) is 27.7 Å². The fourth-order valence-electron chi connectivity index (χ4n) is 4.33. The highest BCUT2D eigenvalue weighted by atomic mass is 19.1. The maximum atomic E-state index is 14.8. The number of pyridine rings is 1. The van der Waals surface area contributed by atoms with Crippen LogP contribution in [-0.2, 0) is 6.54 Å². The SMILES string of the molecule is O=C(O)c1c(-c2ccc[nH]c2=O)c2c3occc3ccc2n1Cc1cc(C(O)CO)ccc1F. The summed E-state index contributed by atoms with van der Waals surface area (Å²) in [5.41, 5.74) is 0.856. The Kier molecular flexibility index (Phi) is 5.27. The van der Waals surface area contributed by atoms with Crippen molar-refractivity contribution in [1.82, 2.24) is 9.55 Å². The molecule has 0 saturated heterocycles. The number of aromatic amines is 1. The van der Waals surface area contributed by atoms with E-state index in [0.29, 0.717) is 22.0 Å². The van der Waals surface area contributed by atoms with Gasteiger partial charge in [-0.1, -0.05) is 6.07 Å². The highest BCUT2D eigenvalue weighted by Crippen LogP contribution is 2.39. The van der Waals surface area contributed by atoms with Crippen LogP contribution in [0.5, 0.6) is 0 Å². The fraction of sp³-hybridized carbons (Fsp3) is 0.120. The number of nitrogens with one attached hydrogen (secondary N) is 1. The zero-order valence-corrected chi connectivity index (χ0v) is 17.7. The first-order valence-electron chi connectivity index (χ1n) is 10.4. The van der Waals surface area contributed by atoms with Crippen molar-refractivity contribution in [3.05, 3.63) is 94.0 Å². The molecule has 3 heterocycles. The number of halogens is 1. The van der Waals surface area contributed by atoms with Gasteiger partial charge in [0.1, 0.15) is 23.2 Å². The number of aliphatic hydroxyl groups excluding tert-OH is 2. The van der Waals surface area contributed by atoms with Crippen molar-refractivity contribution in [2.45, 2.75) is 12.6 Å². The van der Waals surface area contributed by atoms with E-state index in [0.717, 1.165) is 11.5 Å². The monoisotopic (exact) mass is 462 g/mol. The summed E-state index contributed by atoms with van der Waals surface area (Å²) >= 11 is 0. The van der Waals surface area contributed by atoms with Crippen molar-refractivity contribution in [2.75, 3.05) is 6.61 Å². The smallest absolute Gasteiger partial charge is 0.353 e. The molecule has 0 aliphatic rings. The Balaban J connectivity index is 1.85. The summed E-state index contributed by atoms with van der Waals surface area (Å²) in [6.07, 6.45) is 1.71. The molecule has 4 N–H and O–H groups in total. The number of fused-ring (bicyclic) bond motifs is 3. The first kappa shape index (κ1) is 21.6. The summed E-state index contributed by atoms with van der Waals surface area (Å²) < 4.78 is 21.9. The Morgan fingerprint density at radius 2 is 2.00 bits per heavy atom.